The van der Waals surface area contributed by atoms with Crippen molar-refractivity contribution in [3.63, 3.8) is 0 Å². The molecule has 114 valence electrons. The number of hydrogen-bond donors (Lipinski definition) is 1. The largest absolute Gasteiger partial charge is 0.492 e. The second-order valence-corrected chi connectivity index (χ2v) is 5.10. The summed E-state index contributed by atoms with van der Waals surface area (Å²) in [6.07, 6.45) is 0. The molecule has 2 aromatic carbocycles. The third-order valence-corrected chi connectivity index (χ3v) is 3.79. The van der Waals surface area contributed by atoms with Crippen LogP contribution in [0.15, 0.2) is 42.5 Å². The van der Waals surface area contributed by atoms with Crippen LogP contribution in [0.1, 0.15) is 13.8 Å². The first kappa shape index (κ1) is 15.8. The first-order valence-corrected chi connectivity index (χ1v) is 7.88. The number of ether oxygens (including phenoxy) is 1. The molecule has 0 unspecified atom stereocenters. The molecule has 1 N–H and O–H groups in total. The zero-order valence-corrected chi connectivity index (χ0v) is 13.1. The lowest BCUT2D eigenvalue weighted by atomic mass is 10.1. The summed E-state index contributed by atoms with van der Waals surface area (Å²) in [5, 5.41) is 5.85. The maximum Gasteiger partial charge on any atom is 0.127 e. The lowest BCUT2D eigenvalue weighted by Crippen LogP contribution is -2.33. The molecule has 0 atom stereocenters. The van der Waals surface area contributed by atoms with Crippen molar-refractivity contribution in [3.05, 3.63) is 42.5 Å². The molecule has 21 heavy (non-hydrogen) atoms. The number of rotatable bonds is 9. The normalized spacial score (nSPS) is 11.2. The van der Waals surface area contributed by atoms with E-state index in [4.69, 9.17) is 4.74 Å². The standard InChI is InChI=1S/C18H26N2O/c1-3-20(4-2)14-12-19-13-15-21-18-11-7-9-16-8-5-6-10-17(16)18/h5-11,19H,3-4,12-15H2,1-2H3. The van der Waals surface area contributed by atoms with Gasteiger partial charge in [0, 0.05) is 25.0 Å². The van der Waals surface area contributed by atoms with Gasteiger partial charge >= 0.3 is 0 Å². The van der Waals surface area contributed by atoms with Crippen LogP contribution in [0.25, 0.3) is 10.8 Å². The summed E-state index contributed by atoms with van der Waals surface area (Å²) >= 11 is 0. The van der Waals surface area contributed by atoms with Crippen LogP contribution in [0.3, 0.4) is 0 Å². The van der Waals surface area contributed by atoms with Gasteiger partial charge < -0.3 is 15.0 Å². The van der Waals surface area contributed by atoms with E-state index in [2.05, 4.69) is 54.4 Å². The second-order valence-electron chi connectivity index (χ2n) is 5.10. The highest BCUT2D eigenvalue weighted by Gasteiger charge is 2.01. The Balaban J connectivity index is 1.73. The van der Waals surface area contributed by atoms with Crippen molar-refractivity contribution < 1.29 is 4.74 Å². The van der Waals surface area contributed by atoms with Gasteiger partial charge in [0.25, 0.3) is 0 Å². The Labute approximate surface area is 127 Å². The van der Waals surface area contributed by atoms with Crippen molar-refractivity contribution in [2.75, 3.05) is 39.3 Å². The fraction of sp³-hybridized carbons (Fsp3) is 0.444. The predicted molar refractivity (Wildman–Crippen MR) is 90.1 cm³/mol. The summed E-state index contributed by atoms with van der Waals surface area (Å²) in [5.74, 6) is 0.971. The molecule has 2 rings (SSSR count). The summed E-state index contributed by atoms with van der Waals surface area (Å²) in [6.45, 7) is 10.3. The number of likely N-dealkylation sites (N-methyl/N-ethyl adjacent to an activating group) is 1. The zero-order valence-electron chi connectivity index (χ0n) is 13.1. The highest BCUT2D eigenvalue weighted by Crippen LogP contribution is 2.24. The molecule has 0 radical (unpaired) electrons. The fourth-order valence-electron chi connectivity index (χ4n) is 2.46. The van der Waals surface area contributed by atoms with Crippen molar-refractivity contribution in [2.45, 2.75) is 13.8 Å². The highest BCUT2D eigenvalue weighted by molar-refractivity contribution is 5.88. The lowest BCUT2D eigenvalue weighted by Gasteiger charge is -2.18. The van der Waals surface area contributed by atoms with Crippen molar-refractivity contribution >= 4 is 10.8 Å². The van der Waals surface area contributed by atoms with E-state index in [9.17, 15) is 0 Å². The van der Waals surface area contributed by atoms with E-state index >= 15 is 0 Å². The van der Waals surface area contributed by atoms with Crippen LogP contribution in [0, 0.1) is 0 Å². The van der Waals surface area contributed by atoms with Crippen molar-refractivity contribution in [3.8, 4) is 5.75 Å². The van der Waals surface area contributed by atoms with E-state index in [1.165, 1.54) is 10.8 Å². The van der Waals surface area contributed by atoms with Crippen molar-refractivity contribution in [1.82, 2.24) is 10.2 Å². The summed E-state index contributed by atoms with van der Waals surface area (Å²) in [4.78, 5) is 2.42. The Kier molecular flexibility index (Phi) is 6.51. The van der Waals surface area contributed by atoms with Gasteiger partial charge in [-0.25, -0.2) is 0 Å². The Bertz CT molecular complexity index is 532. The van der Waals surface area contributed by atoms with E-state index in [0.717, 1.165) is 38.5 Å². The van der Waals surface area contributed by atoms with E-state index in [-0.39, 0.29) is 0 Å². The quantitative estimate of drug-likeness (QED) is 0.717. The van der Waals surface area contributed by atoms with Crippen molar-refractivity contribution in [2.24, 2.45) is 0 Å². The van der Waals surface area contributed by atoms with Gasteiger partial charge in [-0.05, 0) is 24.5 Å². The SMILES string of the molecule is CCN(CC)CCNCCOc1cccc2ccccc12. The molecule has 0 saturated carbocycles. The van der Waals surface area contributed by atoms with E-state index in [1.807, 2.05) is 12.1 Å². The van der Waals surface area contributed by atoms with Crippen molar-refractivity contribution in [1.29, 1.82) is 0 Å². The van der Waals surface area contributed by atoms with Gasteiger partial charge in [0.15, 0.2) is 0 Å². The monoisotopic (exact) mass is 286 g/mol. The average Bonchev–Trinajstić information content (AvgIpc) is 2.54. The van der Waals surface area contributed by atoms with Gasteiger partial charge in [0.2, 0.25) is 0 Å². The summed E-state index contributed by atoms with van der Waals surface area (Å²) in [6, 6.07) is 14.5. The molecule has 3 nitrogen and oxygen atoms in total. The van der Waals surface area contributed by atoms with Crippen LogP contribution in [0.4, 0.5) is 0 Å². The molecular formula is C18H26N2O. The lowest BCUT2D eigenvalue weighted by molar-refractivity contribution is 0.287. The van der Waals surface area contributed by atoms with Gasteiger partial charge in [-0.1, -0.05) is 50.2 Å². The number of nitrogens with one attached hydrogen (secondary N) is 1. The molecule has 0 fully saturated rings. The van der Waals surface area contributed by atoms with Crippen LogP contribution < -0.4 is 10.1 Å². The third kappa shape index (κ3) is 4.73. The van der Waals surface area contributed by atoms with E-state index in [1.54, 1.807) is 0 Å². The first-order valence-electron chi connectivity index (χ1n) is 7.88. The van der Waals surface area contributed by atoms with Gasteiger partial charge in [-0.15, -0.1) is 0 Å². The highest BCUT2D eigenvalue weighted by atomic mass is 16.5. The summed E-state index contributed by atoms with van der Waals surface area (Å²) in [7, 11) is 0. The average molecular weight is 286 g/mol. The Morgan fingerprint density at radius 2 is 1.71 bits per heavy atom. The minimum atomic E-state index is 0.701. The molecule has 0 heterocycles. The minimum Gasteiger partial charge on any atom is -0.492 e. The maximum atomic E-state index is 5.90. The molecule has 2 aromatic rings. The number of fused-ring (bicyclic) bond motifs is 1. The van der Waals surface area contributed by atoms with Crippen LogP contribution in [0.5, 0.6) is 5.75 Å². The van der Waals surface area contributed by atoms with Gasteiger partial charge in [0.1, 0.15) is 12.4 Å². The number of nitrogens with zero attached hydrogens (tertiary/aromatic N) is 1. The molecule has 0 amide bonds. The van der Waals surface area contributed by atoms with Gasteiger partial charge in [0.05, 0.1) is 0 Å². The Morgan fingerprint density at radius 3 is 2.52 bits per heavy atom. The maximum absolute atomic E-state index is 5.90. The molecule has 3 heteroatoms. The Morgan fingerprint density at radius 1 is 0.952 bits per heavy atom. The van der Waals surface area contributed by atoms with Crippen LogP contribution in [-0.4, -0.2) is 44.2 Å². The predicted octanol–water partition coefficient (Wildman–Crippen LogP) is 3.15. The van der Waals surface area contributed by atoms with Gasteiger partial charge in [-0.3, -0.25) is 0 Å². The third-order valence-electron chi connectivity index (χ3n) is 3.79. The van der Waals surface area contributed by atoms with Gasteiger partial charge in [-0.2, -0.15) is 0 Å². The first-order chi connectivity index (χ1) is 10.3. The minimum absolute atomic E-state index is 0.701. The molecule has 0 aliphatic carbocycles. The van der Waals surface area contributed by atoms with E-state index < -0.39 is 0 Å². The van der Waals surface area contributed by atoms with E-state index in [0.29, 0.717) is 6.61 Å². The second kappa shape index (κ2) is 8.65. The summed E-state index contributed by atoms with van der Waals surface area (Å²) < 4.78 is 5.90. The zero-order chi connectivity index (χ0) is 14.9. The summed E-state index contributed by atoms with van der Waals surface area (Å²) in [5.41, 5.74) is 0. The van der Waals surface area contributed by atoms with Crippen LogP contribution >= 0.6 is 0 Å². The molecule has 0 saturated heterocycles. The Hall–Kier alpha value is -1.58. The van der Waals surface area contributed by atoms with Crippen LogP contribution in [-0.2, 0) is 0 Å². The number of hydrogen-bond acceptors (Lipinski definition) is 3. The molecule has 0 aliphatic heterocycles. The molecular weight excluding hydrogens is 260 g/mol. The van der Waals surface area contributed by atoms with Crippen LogP contribution in [0.2, 0.25) is 0 Å². The smallest absolute Gasteiger partial charge is 0.127 e. The fourth-order valence-corrected chi connectivity index (χ4v) is 2.46. The number of benzene rings is 2. The topological polar surface area (TPSA) is 24.5 Å². The molecule has 0 aliphatic rings. The molecule has 0 bridgehead atoms. The molecule has 0 aromatic heterocycles. The molecule has 0 spiro atoms.